The predicted octanol–water partition coefficient (Wildman–Crippen LogP) is 2.37. The first-order valence-electron chi connectivity index (χ1n) is 7.13. The van der Waals surface area contributed by atoms with Gasteiger partial charge in [0, 0.05) is 0 Å². The minimum absolute atomic E-state index is 0.215. The Morgan fingerprint density at radius 1 is 1.14 bits per heavy atom. The van der Waals surface area contributed by atoms with Gasteiger partial charge < -0.3 is 20.9 Å². The summed E-state index contributed by atoms with van der Waals surface area (Å²) in [5.74, 6) is -1.08. The van der Waals surface area contributed by atoms with Gasteiger partial charge in [-0.2, -0.15) is 0 Å². The molecule has 0 radical (unpaired) electrons. The Hall–Kier alpha value is -1.30. The van der Waals surface area contributed by atoms with Crippen molar-refractivity contribution in [3.8, 4) is 0 Å². The van der Waals surface area contributed by atoms with Crippen molar-refractivity contribution < 1.29 is 19.4 Å². The maximum absolute atomic E-state index is 11.8. The number of nitrogens with two attached hydrogens (primary N) is 1. The van der Waals surface area contributed by atoms with Gasteiger partial charge in [0.25, 0.3) is 0 Å². The van der Waals surface area contributed by atoms with Gasteiger partial charge in [0.15, 0.2) is 0 Å². The Morgan fingerprint density at radius 2 is 1.62 bits per heavy atom. The number of amides is 1. The van der Waals surface area contributed by atoms with Crippen LogP contribution in [0, 0.1) is 10.8 Å². The molecule has 0 aromatic carbocycles. The zero-order chi connectivity index (χ0) is 17.1. The van der Waals surface area contributed by atoms with Crippen molar-refractivity contribution in [3.05, 3.63) is 0 Å². The van der Waals surface area contributed by atoms with Gasteiger partial charge in [-0.25, -0.2) is 9.59 Å². The average Bonchev–Trinajstić information content (AvgIpc) is 2.21. The minimum Gasteiger partial charge on any atom is -0.480 e. The summed E-state index contributed by atoms with van der Waals surface area (Å²) in [5, 5.41) is 11.9. The van der Waals surface area contributed by atoms with Crippen LogP contribution in [0.15, 0.2) is 0 Å². The molecule has 0 saturated heterocycles. The van der Waals surface area contributed by atoms with Gasteiger partial charge in [0.05, 0.1) is 0 Å². The van der Waals surface area contributed by atoms with E-state index in [0.29, 0.717) is 13.0 Å². The number of carbonyl (C=O) groups is 2. The molecule has 1 amide bonds. The van der Waals surface area contributed by atoms with Crippen molar-refractivity contribution in [3.63, 3.8) is 0 Å². The maximum Gasteiger partial charge on any atom is 0.408 e. The van der Waals surface area contributed by atoms with E-state index in [4.69, 9.17) is 10.5 Å². The molecule has 0 aliphatic rings. The maximum atomic E-state index is 11.8. The molecule has 0 fully saturated rings. The molecule has 0 saturated carbocycles. The Labute approximate surface area is 127 Å². The third-order valence-corrected chi connectivity index (χ3v) is 3.18. The number of carbonyl (C=O) groups excluding carboxylic acids is 1. The van der Waals surface area contributed by atoms with Gasteiger partial charge in [-0.05, 0) is 44.6 Å². The van der Waals surface area contributed by atoms with Crippen molar-refractivity contribution in [1.29, 1.82) is 0 Å². The van der Waals surface area contributed by atoms with Crippen molar-refractivity contribution in [1.82, 2.24) is 5.32 Å². The number of ether oxygens (including phenoxy) is 1. The van der Waals surface area contributed by atoms with Gasteiger partial charge in [-0.1, -0.05) is 27.7 Å². The highest BCUT2D eigenvalue weighted by Gasteiger charge is 2.40. The van der Waals surface area contributed by atoms with E-state index >= 15 is 0 Å². The summed E-state index contributed by atoms with van der Waals surface area (Å²) in [4.78, 5) is 23.4. The summed E-state index contributed by atoms with van der Waals surface area (Å²) in [6, 6.07) is -1.04. The van der Waals surface area contributed by atoms with Gasteiger partial charge in [-0.15, -0.1) is 0 Å². The molecule has 0 spiro atoms. The number of nitrogens with one attached hydrogen (secondary N) is 1. The fourth-order valence-electron chi connectivity index (χ4n) is 2.42. The van der Waals surface area contributed by atoms with Crippen LogP contribution >= 0.6 is 0 Å². The fraction of sp³-hybridized carbons (Fsp3) is 0.867. The van der Waals surface area contributed by atoms with Crippen LogP contribution < -0.4 is 11.1 Å². The summed E-state index contributed by atoms with van der Waals surface area (Å²) >= 11 is 0. The Morgan fingerprint density at radius 3 is 1.95 bits per heavy atom. The largest absolute Gasteiger partial charge is 0.480 e. The smallest absolute Gasteiger partial charge is 0.408 e. The number of carboxylic acids is 1. The van der Waals surface area contributed by atoms with E-state index in [9.17, 15) is 14.7 Å². The van der Waals surface area contributed by atoms with Crippen molar-refractivity contribution in [2.24, 2.45) is 16.6 Å². The Bertz CT molecular complexity index is 384. The molecule has 0 rings (SSSR count). The van der Waals surface area contributed by atoms with Crippen LogP contribution in [0.2, 0.25) is 0 Å². The lowest BCUT2D eigenvalue weighted by molar-refractivity contribution is -0.143. The lowest BCUT2D eigenvalue weighted by Crippen LogP contribution is -2.53. The number of rotatable bonds is 6. The monoisotopic (exact) mass is 302 g/mol. The molecule has 0 aliphatic carbocycles. The molecule has 0 aliphatic heterocycles. The summed E-state index contributed by atoms with van der Waals surface area (Å²) < 4.78 is 5.13. The molecule has 4 N–H and O–H groups in total. The van der Waals surface area contributed by atoms with E-state index in [1.165, 1.54) is 0 Å². The van der Waals surface area contributed by atoms with Gasteiger partial charge in [0.2, 0.25) is 0 Å². The molecule has 21 heavy (non-hydrogen) atoms. The van der Waals surface area contributed by atoms with Crippen LogP contribution in [0.4, 0.5) is 4.79 Å². The van der Waals surface area contributed by atoms with Crippen molar-refractivity contribution in [2.45, 2.75) is 66.5 Å². The van der Waals surface area contributed by atoms with Gasteiger partial charge in [0.1, 0.15) is 11.6 Å². The number of carboxylic acid groups (broad SMARTS) is 1. The third kappa shape index (κ3) is 7.32. The van der Waals surface area contributed by atoms with Gasteiger partial charge >= 0.3 is 12.1 Å². The Kier molecular flexibility index (Phi) is 6.23. The van der Waals surface area contributed by atoms with E-state index in [1.54, 1.807) is 34.6 Å². The molecule has 124 valence electrons. The van der Waals surface area contributed by atoms with E-state index in [1.807, 2.05) is 13.8 Å². The van der Waals surface area contributed by atoms with Crippen LogP contribution in [0.3, 0.4) is 0 Å². The topological polar surface area (TPSA) is 102 Å². The van der Waals surface area contributed by atoms with E-state index in [0.717, 1.165) is 0 Å². The highest BCUT2D eigenvalue weighted by molar-refractivity contribution is 5.80. The average molecular weight is 302 g/mol. The number of hydrogen-bond acceptors (Lipinski definition) is 4. The van der Waals surface area contributed by atoms with Crippen molar-refractivity contribution in [2.75, 3.05) is 6.54 Å². The zero-order valence-electron chi connectivity index (χ0n) is 14.2. The molecular weight excluding hydrogens is 272 g/mol. The molecule has 0 heterocycles. The zero-order valence-corrected chi connectivity index (χ0v) is 14.2. The van der Waals surface area contributed by atoms with Gasteiger partial charge in [-0.3, -0.25) is 0 Å². The summed E-state index contributed by atoms with van der Waals surface area (Å²) in [7, 11) is 0. The molecule has 0 aromatic rings. The van der Waals surface area contributed by atoms with Crippen LogP contribution in [-0.2, 0) is 9.53 Å². The van der Waals surface area contributed by atoms with Crippen LogP contribution in [0.5, 0.6) is 0 Å². The summed E-state index contributed by atoms with van der Waals surface area (Å²) in [5.41, 5.74) is 4.17. The number of aliphatic carboxylic acids is 1. The first-order valence-corrected chi connectivity index (χ1v) is 7.13. The second-order valence-electron chi connectivity index (χ2n) is 7.95. The normalized spacial score (nSPS) is 14.5. The SMILES string of the molecule is CC(C)(CN)CC(C)(C)[C@H](NC(=O)OC(C)(C)C)C(=O)O. The summed E-state index contributed by atoms with van der Waals surface area (Å²) in [6.45, 7) is 13.2. The second kappa shape index (κ2) is 6.64. The third-order valence-electron chi connectivity index (χ3n) is 3.18. The van der Waals surface area contributed by atoms with Crippen LogP contribution in [0.1, 0.15) is 54.9 Å². The molecular formula is C15H30N2O4. The molecule has 0 unspecified atom stereocenters. The lowest BCUT2D eigenvalue weighted by atomic mass is 9.71. The van der Waals surface area contributed by atoms with E-state index in [2.05, 4.69) is 5.32 Å². The highest BCUT2D eigenvalue weighted by atomic mass is 16.6. The molecule has 6 heteroatoms. The second-order valence-corrected chi connectivity index (χ2v) is 7.95. The fourth-order valence-corrected chi connectivity index (χ4v) is 2.42. The van der Waals surface area contributed by atoms with Crippen LogP contribution in [-0.4, -0.2) is 35.4 Å². The van der Waals surface area contributed by atoms with Crippen LogP contribution in [0.25, 0.3) is 0 Å². The molecule has 6 nitrogen and oxygen atoms in total. The quantitative estimate of drug-likeness (QED) is 0.699. The number of alkyl carbamates (subject to hydrolysis) is 1. The number of hydrogen-bond donors (Lipinski definition) is 3. The van der Waals surface area contributed by atoms with E-state index in [-0.39, 0.29) is 5.41 Å². The standard InChI is InChI=1S/C15H30N2O4/c1-13(2,3)21-12(20)17-10(11(18)19)15(6,7)8-14(4,5)9-16/h10H,8-9,16H2,1-7H3,(H,17,20)(H,18,19)/t10-/m1/s1. The highest BCUT2D eigenvalue weighted by Crippen LogP contribution is 2.35. The Balaban J connectivity index is 5.06. The lowest BCUT2D eigenvalue weighted by Gasteiger charge is -2.38. The van der Waals surface area contributed by atoms with Crippen molar-refractivity contribution >= 4 is 12.1 Å². The first kappa shape index (κ1) is 19.7. The molecule has 0 aromatic heterocycles. The molecule has 0 bridgehead atoms. The predicted molar refractivity (Wildman–Crippen MR) is 82.0 cm³/mol. The minimum atomic E-state index is -1.08. The summed E-state index contributed by atoms with van der Waals surface area (Å²) in [6.07, 6.45) is -0.169. The van der Waals surface area contributed by atoms with E-state index < -0.39 is 29.1 Å². The first-order chi connectivity index (χ1) is 9.20. The molecule has 1 atom stereocenters.